The van der Waals surface area contributed by atoms with Crippen LogP contribution in [0.1, 0.15) is 38.5 Å². The quantitative estimate of drug-likeness (QED) is 0.789. The molecular weight excluding hydrogens is 240 g/mol. The first-order chi connectivity index (χ1) is 9.31. The van der Waals surface area contributed by atoms with Gasteiger partial charge < -0.3 is 15.4 Å². The number of hydrogen-bond donors (Lipinski definition) is 2. The van der Waals surface area contributed by atoms with Gasteiger partial charge in [-0.15, -0.1) is 0 Å². The number of fused-ring (bicyclic) bond motifs is 2. The Hall–Kier alpha value is -0.610. The third kappa shape index (κ3) is 3.48. The molecule has 3 atom stereocenters. The second kappa shape index (κ2) is 6.23. The number of nitrogens with one attached hydrogen (secondary N) is 2. The number of ether oxygens (including phenoxy) is 1. The fourth-order valence-electron chi connectivity index (χ4n) is 4.12. The Kier molecular flexibility index (Phi) is 4.38. The normalized spacial score (nSPS) is 34.6. The summed E-state index contributed by atoms with van der Waals surface area (Å²) in [5.74, 6) is 2.91. The van der Waals surface area contributed by atoms with E-state index in [2.05, 4.69) is 10.6 Å². The van der Waals surface area contributed by atoms with Crippen LogP contribution in [0.5, 0.6) is 0 Å². The first kappa shape index (κ1) is 13.4. The molecule has 108 valence electrons. The number of amides is 1. The van der Waals surface area contributed by atoms with Gasteiger partial charge >= 0.3 is 0 Å². The lowest BCUT2D eigenvalue weighted by Gasteiger charge is -2.24. The smallest absolute Gasteiger partial charge is 0.234 e. The zero-order chi connectivity index (χ0) is 13.1. The molecule has 0 aromatic heterocycles. The highest BCUT2D eigenvalue weighted by Crippen LogP contribution is 2.47. The Balaban J connectivity index is 1.30. The highest BCUT2D eigenvalue weighted by Gasteiger charge is 2.38. The summed E-state index contributed by atoms with van der Waals surface area (Å²) in [5.41, 5.74) is 0. The van der Waals surface area contributed by atoms with Gasteiger partial charge in [-0.2, -0.15) is 0 Å². The largest absolute Gasteiger partial charge is 0.381 e. The fourth-order valence-corrected chi connectivity index (χ4v) is 4.12. The zero-order valence-electron chi connectivity index (χ0n) is 11.7. The molecule has 1 amide bonds. The minimum Gasteiger partial charge on any atom is -0.381 e. The highest BCUT2D eigenvalue weighted by atomic mass is 16.5. The van der Waals surface area contributed by atoms with Crippen LogP contribution in [0.4, 0.5) is 0 Å². The lowest BCUT2D eigenvalue weighted by molar-refractivity contribution is -0.121. The van der Waals surface area contributed by atoms with E-state index in [-0.39, 0.29) is 5.91 Å². The van der Waals surface area contributed by atoms with Crippen LogP contribution in [0.2, 0.25) is 0 Å². The summed E-state index contributed by atoms with van der Waals surface area (Å²) in [4.78, 5) is 11.8. The predicted octanol–water partition coefficient (Wildman–Crippen LogP) is 1.31. The average molecular weight is 266 g/mol. The van der Waals surface area contributed by atoms with E-state index in [9.17, 15) is 4.79 Å². The molecule has 3 fully saturated rings. The van der Waals surface area contributed by atoms with E-state index in [4.69, 9.17) is 4.74 Å². The van der Waals surface area contributed by atoms with Crippen molar-refractivity contribution in [3.05, 3.63) is 0 Å². The van der Waals surface area contributed by atoms with Gasteiger partial charge in [0.25, 0.3) is 0 Å². The molecule has 2 saturated carbocycles. The summed E-state index contributed by atoms with van der Waals surface area (Å²) in [5, 5.41) is 6.46. The van der Waals surface area contributed by atoms with Crippen LogP contribution in [-0.2, 0) is 9.53 Å². The van der Waals surface area contributed by atoms with Crippen LogP contribution >= 0.6 is 0 Å². The van der Waals surface area contributed by atoms with Gasteiger partial charge in [0.15, 0.2) is 0 Å². The first-order valence-corrected chi connectivity index (χ1v) is 7.89. The van der Waals surface area contributed by atoms with E-state index in [1.165, 1.54) is 25.7 Å². The minimum atomic E-state index is 0.148. The van der Waals surface area contributed by atoms with Crippen molar-refractivity contribution in [1.29, 1.82) is 0 Å². The third-order valence-electron chi connectivity index (χ3n) is 5.16. The van der Waals surface area contributed by atoms with Crippen molar-refractivity contribution in [3.8, 4) is 0 Å². The Morgan fingerprint density at radius 3 is 2.63 bits per heavy atom. The van der Waals surface area contributed by atoms with Crippen molar-refractivity contribution in [2.45, 2.75) is 44.6 Å². The lowest BCUT2D eigenvalue weighted by atomic mass is 9.89. The summed E-state index contributed by atoms with van der Waals surface area (Å²) in [6, 6.07) is 0.325. The van der Waals surface area contributed by atoms with Gasteiger partial charge in [0.05, 0.1) is 6.54 Å². The Morgan fingerprint density at radius 2 is 1.95 bits per heavy atom. The Morgan fingerprint density at radius 1 is 1.11 bits per heavy atom. The number of carbonyl (C=O) groups is 1. The van der Waals surface area contributed by atoms with Crippen molar-refractivity contribution in [3.63, 3.8) is 0 Å². The monoisotopic (exact) mass is 266 g/mol. The molecule has 1 aliphatic heterocycles. The van der Waals surface area contributed by atoms with Crippen molar-refractivity contribution < 1.29 is 9.53 Å². The molecular formula is C15H26N2O2. The summed E-state index contributed by atoms with van der Waals surface area (Å²) >= 11 is 0. The molecule has 4 nitrogen and oxygen atoms in total. The SMILES string of the molecule is O=C(CNCC1CC2CCC1C2)NC1CCOCC1. The van der Waals surface area contributed by atoms with E-state index in [1.54, 1.807) is 0 Å². The molecule has 3 unspecified atom stereocenters. The molecule has 0 aromatic carbocycles. The van der Waals surface area contributed by atoms with Gasteiger partial charge in [-0.05, 0) is 56.4 Å². The van der Waals surface area contributed by atoms with Crippen LogP contribution in [-0.4, -0.2) is 38.3 Å². The van der Waals surface area contributed by atoms with E-state index in [0.717, 1.165) is 50.4 Å². The van der Waals surface area contributed by atoms with Crippen LogP contribution < -0.4 is 10.6 Å². The van der Waals surface area contributed by atoms with Gasteiger partial charge in [-0.1, -0.05) is 6.42 Å². The van der Waals surface area contributed by atoms with Crippen molar-refractivity contribution >= 4 is 5.91 Å². The maximum Gasteiger partial charge on any atom is 0.234 e. The number of carbonyl (C=O) groups excluding carboxylic acids is 1. The third-order valence-corrected chi connectivity index (χ3v) is 5.16. The van der Waals surface area contributed by atoms with Gasteiger partial charge in [0, 0.05) is 19.3 Å². The molecule has 4 heteroatoms. The van der Waals surface area contributed by atoms with Crippen LogP contribution in [0.3, 0.4) is 0 Å². The molecule has 1 heterocycles. The van der Waals surface area contributed by atoms with Gasteiger partial charge in [0.2, 0.25) is 5.91 Å². The predicted molar refractivity (Wildman–Crippen MR) is 73.8 cm³/mol. The fraction of sp³-hybridized carbons (Fsp3) is 0.933. The molecule has 0 aromatic rings. The number of hydrogen-bond acceptors (Lipinski definition) is 3. The Labute approximate surface area is 115 Å². The lowest BCUT2D eigenvalue weighted by Crippen LogP contribution is -2.43. The van der Waals surface area contributed by atoms with E-state index in [0.29, 0.717) is 12.6 Å². The first-order valence-electron chi connectivity index (χ1n) is 7.89. The summed E-state index contributed by atoms with van der Waals surface area (Å²) in [6.45, 7) is 3.07. The molecule has 19 heavy (non-hydrogen) atoms. The maximum atomic E-state index is 11.8. The van der Waals surface area contributed by atoms with E-state index < -0.39 is 0 Å². The minimum absolute atomic E-state index is 0.148. The van der Waals surface area contributed by atoms with Gasteiger partial charge in [0.1, 0.15) is 0 Å². The molecule has 3 rings (SSSR count). The van der Waals surface area contributed by atoms with Crippen LogP contribution in [0, 0.1) is 17.8 Å². The number of rotatable bonds is 5. The van der Waals surface area contributed by atoms with Crippen molar-refractivity contribution in [2.75, 3.05) is 26.3 Å². The van der Waals surface area contributed by atoms with Crippen molar-refractivity contribution in [1.82, 2.24) is 10.6 Å². The van der Waals surface area contributed by atoms with E-state index in [1.807, 2.05) is 0 Å². The molecule has 2 N–H and O–H groups in total. The molecule has 0 spiro atoms. The second-order valence-corrected chi connectivity index (χ2v) is 6.52. The van der Waals surface area contributed by atoms with Gasteiger partial charge in [-0.3, -0.25) is 4.79 Å². The summed E-state index contributed by atoms with van der Waals surface area (Å²) < 4.78 is 5.29. The average Bonchev–Trinajstić information content (AvgIpc) is 3.02. The Bertz CT molecular complexity index is 315. The van der Waals surface area contributed by atoms with E-state index >= 15 is 0 Å². The molecule has 3 aliphatic rings. The topological polar surface area (TPSA) is 50.4 Å². The standard InChI is InChI=1S/C15H26N2O2/c18-15(17-14-3-5-19-6-4-14)10-16-9-13-8-11-1-2-12(13)7-11/h11-14,16H,1-10H2,(H,17,18). The van der Waals surface area contributed by atoms with Gasteiger partial charge in [-0.25, -0.2) is 0 Å². The molecule has 0 radical (unpaired) electrons. The molecule has 2 aliphatic carbocycles. The summed E-state index contributed by atoms with van der Waals surface area (Å²) in [6.07, 6.45) is 7.62. The van der Waals surface area contributed by atoms with Crippen molar-refractivity contribution in [2.24, 2.45) is 17.8 Å². The summed E-state index contributed by atoms with van der Waals surface area (Å²) in [7, 11) is 0. The van der Waals surface area contributed by atoms with Crippen LogP contribution in [0.25, 0.3) is 0 Å². The molecule has 1 saturated heterocycles. The highest BCUT2D eigenvalue weighted by molar-refractivity contribution is 5.78. The maximum absolute atomic E-state index is 11.8. The zero-order valence-corrected chi connectivity index (χ0v) is 11.7. The second-order valence-electron chi connectivity index (χ2n) is 6.52. The van der Waals surface area contributed by atoms with Crippen LogP contribution in [0.15, 0.2) is 0 Å². The molecule has 2 bridgehead atoms.